The van der Waals surface area contributed by atoms with Crippen LogP contribution >= 0.6 is 22.7 Å². The molecule has 28 heavy (non-hydrogen) atoms. The number of nitriles is 1. The van der Waals surface area contributed by atoms with E-state index in [1.807, 2.05) is 48.5 Å². The van der Waals surface area contributed by atoms with Gasteiger partial charge in [-0.05, 0) is 30.7 Å². The molecule has 0 radical (unpaired) electrons. The van der Waals surface area contributed by atoms with Crippen molar-refractivity contribution in [1.82, 2.24) is 4.98 Å². The first-order valence-electron chi connectivity index (χ1n) is 8.41. The lowest BCUT2D eigenvalue weighted by atomic mass is 10.1. The summed E-state index contributed by atoms with van der Waals surface area (Å²) in [5, 5.41) is 11.4. The van der Waals surface area contributed by atoms with Gasteiger partial charge in [0.1, 0.15) is 5.01 Å². The molecule has 0 aliphatic carbocycles. The molecule has 1 atom stereocenters. The third-order valence-electron chi connectivity index (χ3n) is 3.76. The molecule has 3 rings (SSSR count). The Balaban J connectivity index is 1.55. The van der Waals surface area contributed by atoms with Crippen LogP contribution in [0.2, 0.25) is 0 Å². The van der Waals surface area contributed by atoms with E-state index < -0.39 is 24.3 Å². The van der Waals surface area contributed by atoms with Crippen LogP contribution in [0.3, 0.4) is 0 Å². The van der Waals surface area contributed by atoms with E-state index in [1.54, 1.807) is 29.7 Å². The van der Waals surface area contributed by atoms with Crippen LogP contribution in [0.1, 0.15) is 21.5 Å². The standard InChI is InChI=1S/C21H16N2O3S2/c1-14-13-27-21(23-14)17(11-22)18(24)12-26-20(25)10-8-16-7-9-19(28-16)15-5-3-2-4-6-15/h2-10,13,17H,12H2,1H3/b10-8+/t17-/m0/s1. The van der Waals surface area contributed by atoms with Crippen LogP contribution in [0.25, 0.3) is 16.5 Å². The summed E-state index contributed by atoms with van der Waals surface area (Å²) in [6, 6.07) is 15.8. The number of nitrogens with zero attached hydrogens (tertiary/aromatic N) is 2. The Kier molecular flexibility index (Phi) is 6.48. The first-order chi connectivity index (χ1) is 13.6. The van der Waals surface area contributed by atoms with Gasteiger partial charge in [-0.2, -0.15) is 5.26 Å². The molecule has 0 saturated heterocycles. The number of ketones is 1. The molecule has 0 bridgehead atoms. The maximum atomic E-state index is 12.2. The molecule has 0 aliphatic heterocycles. The van der Waals surface area contributed by atoms with Gasteiger partial charge < -0.3 is 4.74 Å². The first kappa shape index (κ1) is 19.7. The van der Waals surface area contributed by atoms with E-state index in [-0.39, 0.29) is 0 Å². The number of thiazole rings is 1. The van der Waals surface area contributed by atoms with E-state index in [0.29, 0.717) is 5.01 Å². The normalized spacial score (nSPS) is 11.9. The molecule has 1 aromatic carbocycles. The predicted octanol–water partition coefficient (Wildman–Crippen LogP) is 4.61. The number of carbonyl (C=O) groups is 2. The monoisotopic (exact) mass is 408 g/mol. The topological polar surface area (TPSA) is 80.0 Å². The molecule has 0 amide bonds. The highest BCUT2D eigenvalue weighted by molar-refractivity contribution is 7.16. The van der Waals surface area contributed by atoms with E-state index in [4.69, 9.17) is 4.74 Å². The second-order valence-electron chi connectivity index (χ2n) is 5.86. The van der Waals surface area contributed by atoms with Crippen LogP contribution in [0, 0.1) is 18.3 Å². The molecule has 0 fully saturated rings. The minimum absolute atomic E-state index is 0.420. The highest BCUT2D eigenvalue weighted by Crippen LogP contribution is 2.28. The van der Waals surface area contributed by atoms with Crippen molar-refractivity contribution in [2.75, 3.05) is 6.61 Å². The van der Waals surface area contributed by atoms with Crippen LogP contribution < -0.4 is 0 Å². The van der Waals surface area contributed by atoms with Gasteiger partial charge in [-0.1, -0.05) is 30.3 Å². The molecule has 140 valence electrons. The Morgan fingerprint density at radius 1 is 1.25 bits per heavy atom. The number of Topliss-reactive ketones (excluding diaryl/α,β-unsaturated/α-hetero) is 1. The second-order valence-corrected chi connectivity index (χ2v) is 7.87. The Morgan fingerprint density at radius 2 is 2.04 bits per heavy atom. The fourth-order valence-corrected chi connectivity index (χ4v) is 4.17. The number of ether oxygens (including phenoxy) is 1. The molecule has 2 aromatic heterocycles. The van der Waals surface area contributed by atoms with Crippen LogP contribution in [-0.2, 0) is 14.3 Å². The third kappa shape index (κ3) is 5.00. The molecule has 5 nitrogen and oxygen atoms in total. The quantitative estimate of drug-likeness (QED) is 0.421. The largest absolute Gasteiger partial charge is 0.454 e. The van der Waals surface area contributed by atoms with E-state index in [9.17, 15) is 14.9 Å². The zero-order valence-corrected chi connectivity index (χ0v) is 16.6. The number of carbonyl (C=O) groups excluding carboxylic acids is 2. The number of rotatable bonds is 7. The number of thiophene rings is 1. The summed E-state index contributed by atoms with van der Waals surface area (Å²) in [6.45, 7) is 1.33. The van der Waals surface area contributed by atoms with E-state index in [0.717, 1.165) is 21.0 Å². The number of esters is 1. The molecule has 0 unspecified atom stereocenters. The molecule has 2 heterocycles. The summed E-state index contributed by atoms with van der Waals surface area (Å²) in [7, 11) is 0. The number of benzene rings is 1. The highest BCUT2D eigenvalue weighted by atomic mass is 32.1. The number of hydrogen-bond donors (Lipinski definition) is 0. The Labute approximate surface area is 170 Å². The average molecular weight is 409 g/mol. The van der Waals surface area contributed by atoms with Crippen LogP contribution in [-0.4, -0.2) is 23.3 Å². The Hall–Kier alpha value is -3.08. The van der Waals surface area contributed by atoms with Crippen molar-refractivity contribution in [3.05, 3.63) is 69.5 Å². The van der Waals surface area contributed by atoms with Crippen LogP contribution in [0.15, 0.2) is 53.9 Å². The van der Waals surface area contributed by atoms with Crippen LogP contribution in [0.4, 0.5) is 0 Å². The number of aryl methyl sites for hydroxylation is 1. The van der Waals surface area contributed by atoms with Gasteiger partial charge in [0.25, 0.3) is 0 Å². The summed E-state index contributed by atoms with van der Waals surface area (Å²) in [4.78, 5) is 30.2. The summed E-state index contributed by atoms with van der Waals surface area (Å²) in [5.74, 6) is -2.13. The lowest BCUT2D eigenvalue weighted by Gasteiger charge is -2.05. The maximum Gasteiger partial charge on any atom is 0.331 e. The van der Waals surface area contributed by atoms with E-state index >= 15 is 0 Å². The fourth-order valence-electron chi connectivity index (χ4n) is 2.39. The van der Waals surface area contributed by atoms with Crippen molar-refractivity contribution in [2.24, 2.45) is 0 Å². The van der Waals surface area contributed by atoms with Gasteiger partial charge in [-0.25, -0.2) is 9.78 Å². The summed E-state index contributed by atoms with van der Waals surface area (Å²) >= 11 is 2.79. The van der Waals surface area contributed by atoms with E-state index in [1.165, 1.54) is 17.4 Å². The third-order valence-corrected chi connectivity index (χ3v) is 5.89. The van der Waals surface area contributed by atoms with Crippen molar-refractivity contribution < 1.29 is 14.3 Å². The molecule has 3 aromatic rings. The van der Waals surface area contributed by atoms with Crippen molar-refractivity contribution in [3.8, 4) is 16.5 Å². The van der Waals surface area contributed by atoms with Gasteiger partial charge >= 0.3 is 5.97 Å². The lowest BCUT2D eigenvalue weighted by Crippen LogP contribution is -2.19. The number of aromatic nitrogens is 1. The summed E-state index contributed by atoms with van der Waals surface area (Å²) in [5.41, 5.74) is 1.86. The maximum absolute atomic E-state index is 12.2. The molecular weight excluding hydrogens is 392 g/mol. The Bertz CT molecular complexity index is 1050. The fraction of sp³-hybridized carbons (Fsp3) is 0.143. The van der Waals surface area contributed by atoms with Gasteiger partial charge in [-0.15, -0.1) is 22.7 Å². The SMILES string of the molecule is Cc1csc([C@@H](C#N)C(=O)COC(=O)/C=C/c2ccc(-c3ccccc3)s2)n1. The van der Waals surface area contributed by atoms with Crippen LogP contribution in [0.5, 0.6) is 0 Å². The van der Waals surface area contributed by atoms with Crippen molar-refractivity contribution in [3.63, 3.8) is 0 Å². The van der Waals surface area contributed by atoms with Crippen molar-refractivity contribution >= 4 is 40.5 Å². The Morgan fingerprint density at radius 3 is 2.71 bits per heavy atom. The highest BCUT2D eigenvalue weighted by Gasteiger charge is 2.24. The smallest absolute Gasteiger partial charge is 0.331 e. The minimum Gasteiger partial charge on any atom is -0.454 e. The van der Waals surface area contributed by atoms with Gasteiger partial charge in [0.2, 0.25) is 0 Å². The average Bonchev–Trinajstić information content (AvgIpc) is 3.35. The summed E-state index contributed by atoms with van der Waals surface area (Å²) < 4.78 is 4.98. The molecule has 0 aliphatic rings. The summed E-state index contributed by atoms with van der Waals surface area (Å²) in [6.07, 6.45) is 2.93. The molecule has 0 N–H and O–H groups in total. The first-order valence-corrected chi connectivity index (χ1v) is 10.1. The second kappa shape index (κ2) is 9.22. The van der Waals surface area contributed by atoms with Gasteiger partial charge in [0.15, 0.2) is 18.3 Å². The van der Waals surface area contributed by atoms with Gasteiger partial charge in [0.05, 0.1) is 6.07 Å². The van der Waals surface area contributed by atoms with Crippen molar-refractivity contribution in [2.45, 2.75) is 12.8 Å². The molecule has 0 spiro atoms. The zero-order valence-electron chi connectivity index (χ0n) is 15.0. The lowest BCUT2D eigenvalue weighted by molar-refractivity contribution is -0.143. The predicted molar refractivity (Wildman–Crippen MR) is 110 cm³/mol. The minimum atomic E-state index is -1.01. The van der Waals surface area contributed by atoms with Crippen molar-refractivity contribution in [1.29, 1.82) is 5.26 Å². The molecular formula is C21H16N2O3S2. The zero-order chi connectivity index (χ0) is 19.9. The molecule has 0 saturated carbocycles. The number of hydrogen-bond acceptors (Lipinski definition) is 7. The van der Waals surface area contributed by atoms with Gasteiger partial charge in [0, 0.05) is 26.9 Å². The molecule has 7 heteroatoms. The van der Waals surface area contributed by atoms with E-state index in [2.05, 4.69) is 4.98 Å². The van der Waals surface area contributed by atoms with Gasteiger partial charge in [-0.3, -0.25) is 4.79 Å².